The van der Waals surface area contributed by atoms with E-state index in [4.69, 9.17) is 81.2 Å². The summed E-state index contributed by atoms with van der Waals surface area (Å²) in [6.45, 7) is 3.77. The van der Waals surface area contributed by atoms with Gasteiger partial charge in [0.05, 0.1) is 0 Å². The Hall–Kier alpha value is 1.25. The van der Waals surface area contributed by atoms with Crippen molar-refractivity contribution in [1.82, 2.24) is 0 Å². The highest BCUT2D eigenvalue weighted by atomic mass is 35.6. The maximum Gasteiger partial charge on any atom is 0.226 e. The van der Waals surface area contributed by atoms with Gasteiger partial charge >= 0.3 is 0 Å². The van der Waals surface area contributed by atoms with Gasteiger partial charge in [0.2, 0.25) is 8.13 Å². The van der Waals surface area contributed by atoms with Crippen molar-refractivity contribution < 1.29 is 0 Å². The highest BCUT2D eigenvalue weighted by Crippen LogP contribution is 2.60. The molecule has 0 spiro atoms. The number of hydrogen-bond donors (Lipinski definition) is 0. The SMILES string of the molecule is [CH2]Cc1ccccc1C(Cl)(Cl)C(Cl)(Cl)C(Cl)(Cl)Cl. The Morgan fingerprint density at radius 1 is 0.889 bits per heavy atom. The highest BCUT2D eigenvalue weighted by molar-refractivity contribution is 6.78. The second-order valence-corrected chi connectivity index (χ2v) is 8.49. The largest absolute Gasteiger partial charge is 0.226 e. The third-order valence-electron chi connectivity index (χ3n) is 2.38. The fourth-order valence-electron chi connectivity index (χ4n) is 1.39. The Morgan fingerprint density at radius 3 is 1.83 bits per heavy atom. The van der Waals surface area contributed by atoms with Gasteiger partial charge in [0.25, 0.3) is 0 Å². The van der Waals surface area contributed by atoms with Crippen LogP contribution in [0.1, 0.15) is 11.1 Å². The van der Waals surface area contributed by atoms with Gasteiger partial charge in [-0.05, 0) is 24.5 Å². The first-order valence-corrected chi connectivity index (χ1v) is 7.40. The van der Waals surface area contributed by atoms with E-state index in [1.807, 2.05) is 6.07 Å². The second-order valence-electron chi connectivity index (χ2n) is 3.55. The Bertz CT molecular complexity index is 420. The van der Waals surface area contributed by atoms with Gasteiger partial charge in [-0.25, -0.2) is 0 Å². The van der Waals surface area contributed by atoms with Crippen molar-refractivity contribution in [3.63, 3.8) is 0 Å². The van der Waals surface area contributed by atoms with Gasteiger partial charge in [-0.15, -0.1) is 0 Å². The Balaban J connectivity index is 3.37. The molecule has 0 amide bonds. The lowest BCUT2D eigenvalue weighted by molar-refractivity contribution is 0.693. The molecule has 0 saturated heterocycles. The van der Waals surface area contributed by atoms with E-state index in [-0.39, 0.29) is 0 Å². The van der Waals surface area contributed by atoms with Crippen LogP contribution in [-0.2, 0) is 10.8 Å². The Labute approximate surface area is 141 Å². The van der Waals surface area contributed by atoms with Gasteiger partial charge in [0.1, 0.15) is 0 Å². The van der Waals surface area contributed by atoms with Gasteiger partial charge in [0, 0.05) is 0 Å². The van der Waals surface area contributed by atoms with Crippen LogP contribution in [0, 0.1) is 6.92 Å². The quantitative estimate of drug-likeness (QED) is 0.538. The summed E-state index contributed by atoms with van der Waals surface area (Å²) in [5.74, 6) is 0. The third kappa shape index (κ3) is 3.11. The number of alkyl halides is 7. The monoisotopic (exact) mass is 385 g/mol. The van der Waals surface area contributed by atoms with E-state index in [1.165, 1.54) is 0 Å². The zero-order valence-electron chi connectivity index (χ0n) is 8.87. The molecular formula is C11H8Cl7. The van der Waals surface area contributed by atoms with Crippen LogP contribution in [0.2, 0.25) is 0 Å². The van der Waals surface area contributed by atoms with Gasteiger partial charge in [-0.1, -0.05) is 105 Å². The van der Waals surface area contributed by atoms with Crippen LogP contribution in [0.15, 0.2) is 24.3 Å². The summed E-state index contributed by atoms with van der Waals surface area (Å²) >= 11 is 41.8. The molecule has 7 heteroatoms. The van der Waals surface area contributed by atoms with Crippen LogP contribution in [0.25, 0.3) is 0 Å². The summed E-state index contributed by atoms with van der Waals surface area (Å²) in [6, 6.07) is 7.00. The molecule has 0 heterocycles. The molecule has 101 valence electrons. The van der Waals surface area contributed by atoms with Crippen molar-refractivity contribution in [2.75, 3.05) is 0 Å². The fraction of sp³-hybridized carbons (Fsp3) is 0.364. The fourth-order valence-corrected chi connectivity index (χ4v) is 2.96. The van der Waals surface area contributed by atoms with Gasteiger partial charge in [-0.2, -0.15) is 0 Å². The summed E-state index contributed by atoms with van der Waals surface area (Å²) in [7, 11) is 0. The summed E-state index contributed by atoms with van der Waals surface area (Å²) in [4.78, 5) is 0. The molecule has 0 aliphatic heterocycles. The molecule has 0 nitrogen and oxygen atoms in total. The predicted molar refractivity (Wildman–Crippen MR) is 83.6 cm³/mol. The molecule has 1 radical (unpaired) electrons. The average Bonchev–Trinajstić information content (AvgIpc) is 2.27. The minimum absolute atomic E-state index is 0.446. The molecule has 1 aromatic carbocycles. The second kappa shape index (κ2) is 5.93. The van der Waals surface area contributed by atoms with Crippen molar-refractivity contribution in [1.29, 1.82) is 0 Å². The third-order valence-corrected chi connectivity index (χ3v) is 6.30. The summed E-state index contributed by atoms with van der Waals surface area (Å²) in [5, 5.41) is 0. The van der Waals surface area contributed by atoms with Crippen molar-refractivity contribution in [2.24, 2.45) is 0 Å². The minimum atomic E-state index is -2.06. The molecule has 0 aromatic heterocycles. The molecule has 0 fully saturated rings. The molecule has 18 heavy (non-hydrogen) atoms. The van der Waals surface area contributed by atoms with E-state index in [0.717, 1.165) is 5.56 Å². The Morgan fingerprint density at radius 2 is 1.39 bits per heavy atom. The number of rotatable bonds is 3. The van der Waals surface area contributed by atoms with E-state index in [9.17, 15) is 0 Å². The van der Waals surface area contributed by atoms with Crippen molar-refractivity contribution >= 4 is 81.2 Å². The first kappa shape index (κ1) is 17.3. The zero-order chi connectivity index (χ0) is 14.2. The molecule has 0 unspecified atom stereocenters. The van der Waals surface area contributed by atoms with Crippen molar-refractivity contribution in [3.8, 4) is 0 Å². The maximum atomic E-state index is 6.24. The van der Waals surface area contributed by atoms with Crippen molar-refractivity contribution in [2.45, 2.75) is 18.9 Å². The molecule has 0 atom stereocenters. The number of benzene rings is 1. The molecular weight excluding hydrogens is 380 g/mol. The first-order chi connectivity index (χ1) is 8.05. The predicted octanol–water partition coefficient (Wildman–Crippen LogP) is 6.24. The lowest BCUT2D eigenvalue weighted by Gasteiger charge is -2.38. The number of halogens is 7. The number of hydrogen-bond acceptors (Lipinski definition) is 0. The standard InChI is InChI=1S/C11H8Cl7/c1-2-7-5-3-4-6-8(7)9(12,13)10(14,15)11(16,17)18/h3-6H,1-2H2. The normalized spacial score (nSPS) is 13.8. The van der Waals surface area contributed by atoms with Crippen LogP contribution in [0.4, 0.5) is 0 Å². The van der Waals surface area contributed by atoms with E-state index in [1.54, 1.807) is 18.2 Å². The first-order valence-electron chi connectivity index (χ1n) is 4.75. The van der Waals surface area contributed by atoms with Crippen LogP contribution >= 0.6 is 81.2 Å². The lowest BCUT2D eigenvalue weighted by atomic mass is 10.00. The smallest absolute Gasteiger partial charge is 0.0930 e. The molecule has 0 N–H and O–H groups in total. The van der Waals surface area contributed by atoms with Gasteiger partial charge < -0.3 is 0 Å². The van der Waals surface area contributed by atoms with E-state index in [0.29, 0.717) is 12.0 Å². The van der Waals surface area contributed by atoms with Crippen LogP contribution in [0.3, 0.4) is 0 Å². The average molecular weight is 388 g/mol. The highest BCUT2D eigenvalue weighted by Gasteiger charge is 2.61. The van der Waals surface area contributed by atoms with E-state index in [2.05, 4.69) is 6.92 Å². The summed E-state index contributed by atoms with van der Waals surface area (Å²) in [5.41, 5.74) is 1.22. The molecule has 0 aliphatic rings. The van der Waals surface area contributed by atoms with Gasteiger partial charge in [-0.3, -0.25) is 0 Å². The van der Waals surface area contributed by atoms with Crippen LogP contribution in [0.5, 0.6) is 0 Å². The zero-order valence-corrected chi connectivity index (χ0v) is 14.2. The molecule has 0 saturated carbocycles. The Kier molecular flexibility index (Phi) is 5.70. The lowest BCUT2D eigenvalue weighted by Crippen LogP contribution is -2.45. The van der Waals surface area contributed by atoms with Crippen LogP contribution in [-0.4, -0.2) is 8.13 Å². The molecule has 1 rings (SSSR count). The molecule has 0 aliphatic carbocycles. The minimum Gasteiger partial charge on any atom is -0.0930 e. The van der Waals surface area contributed by atoms with E-state index >= 15 is 0 Å². The summed E-state index contributed by atoms with van der Waals surface area (Å²) < 4.78 is -5.89. The van der Waals surface area contributed by atoms with E-state index < -0.39 is 12.5 Å². The molecule has 0 bridgehead atoms. The van der Waals surface area contributed by atoms with Gasteiger partial charge in [0.15, 0.2) is 4.33 Å². The topological polar surface area (TPSA) is 0 Å². The summed E-state index contributed by atoms with van der Waals surface area (Å²) in [6.07, 6.45) is 0.446. The van der Waals surface area contributed by atoms with Crippen molar-refractivity contribution in [3.05, 3.63) is 42.3 Å². The van der Waals surface area contributed by atoms with Crippen LogP contribution < -0.4 is 0 Å². The molecule has 1 aromatic rings. The maximum absolute atomic E-state index is 6.24.